The van der Waals surface area contributed by atoms with E-state index in [2.05, 4.69) is 37.8 Å². The smallest absolute Gasteiger partial charge is 0.116 e. The molecule has 0 amide bonds. The largest absolute Gasteiger partial charge is 0.393 e. The fraction of sp³-hybridized carbons (Fsp3) is 0.852. The van der Waals surface area contributed by atoms with E-state index in [9.17, 15) is 5.11 Å². The maximum absolute atomic E-state index is 10.2. The number of hydrogen-bond acceptors (Lipinski definition) is 3. The van der Waals surface area contributed by atoms with E-state index in [1.54, 1.807) is 5.57 Å². The second-order valence-electron chi connectivity index (χ2n) is 12.2. The van der Waals surface area contributed by atoms with Crippen molar-refractivity contribution in [3.05, 3.63) is 23.8 Å². The van der Waals surface area contributed by atoms with Crippen LogP contribution in [0.3, 0.4) is 0 Å². The highest BCUT2D eigenvalue weighted by molar-refractivity contribution is 5.25. The van der Waals surface area contributed by atoms with Gasteiger partial charge in [0.2, 0.25) is 0 Å². The maximum Gasteiger partial charge on any atom is 0.116 e. The van der Waals surface area contributed by atoms with Crippen molar-refractivity contribution in [2.75, 3.05) is 0 Å². The third kappa shape index (κ3) is 3.73. The summed E-state index contributed by atoms with van der Waals surface area (Å²) in [6.07, 6.45) is 17.5. The Kier molecular flexibility index (Phi) is 6.05. The number of rotatable bonds is 5. The average molecular weight is 417 g/mol. The van der Waals surface area contributed by atoms with Crippen molar-refractivity contribution in [3.8, 4) is 0 Å². The van der Waals surface area contributed by atoms with E-state index in [-0.39, 0.29) is 6.10 Å². The number of aliphatic hydroxyl groups excluding tert-OH is 1. The highest BCUT2D eigenvalue weighted by Gasteiger charge is 2.59. The molecule has 2 N–H and O–H groups in total. The third-order valence-electron chi connectivity index (χ3n) is 10.1. The standard InChI is InChI=1S/C27H44O3/c1-18(7-6-14-25(2,3)30-29)22-10-11-23-21-9-8-19-17-20(28)12-15-26(19,4)24(21)13-16-27(22,23)5/h6,8,14,18,20-24,28-29H,7,9-13,15-17H2,1-5H3/b14-6+/t18-,20+,21+,22-,23+,24+,26+,27-/m1/s1. The monoisotopic (exact) mass is 416 g/mol. The molecule has 8 atom stereocenters. The Bertz CT molecular complexity index is 694. The van der Waals surface area contributed by atoms with Crippen molar-refractivity contribution in [1.82, 2.24) is 0 Å². The van der Waals surface area contributed by atoms with Crippen LogP contribution in [-0.4, -0.2) is 22.1 Å². The molecule has 0 spiro atoms. The van der Waals surface area contributed by atoms with Gasteiger partial charge in [-0.3, -0.25) is 5.26 Å². The lowest BCUT2D eigenvalue weighted by molar-refractivity contribution is -0.297. The molecule has 3 heteroatoms. The van der Waals surface area contributed by atoms with Gasteiger partial charge in [-0.25, -0.2) is 4.89 Å². The van der Waals surface area contributed by atoms with Crippen LogP contribution in [0.5, 0.6) is 0 Å². The van der Waals surface area contributed by atoms with Gasteiger partial charge in [-0.2, -0.15) is 0 Å². The molecule has 0 saturated heterocycles. The molecule has 0 aromatic carbocycles. The summed E-state index contributed by atoms with van der Waals surface area (Å²) < 4.78 is 0. The summed E-state index contributed by atoms with van der Waals surface area (Å²) in [5, 5.41) is 19.2. The minimum Gasteiger partial charge on any atom is -0.393 e. The van der Waals surface area contributed by atoms with Crippen molar-refractivity contribution >= 4 is 0 Å². The quantitative estimate of drug-likeness (QED) is 0.295. The highest BCUT2D eigenvalue weighted by atomic mass is 17.1. The van der Waals surface area contributed by atoms with E-state index in [0.717, 1.165) is 42.9 Å². The average Bonchev–Trinajstić information content (AvgIpc) is 3.05. The molecular weight excluding hydrogens is 372 g/mol. The van der Waals surface area contributed by atoms with Gasteiger partial charge in [0, 0.05) is 0 Å². The Morgan fingerprint density at radius 2 is 1.93 bits per heavy atom. The van der Waals surface area contributed by atoms with E-state index in [0.29, 0.717) is 16.7 Å². The van der Waals surface area contributed by atoms with Gasteiger partial charge < -0.3 is 5.11 Å². The molecule has 3 saturated carbocycles. The van der Waals surface area contributed by atoms with Gasteiger partial charge in [0.1, 0.15) is 5.60 Å². The number of allylic oxidation sites excluding steroid dienone is 2. The van der Waals surface area contributed by atoms with Gasteiger partial charge in [-0.15, -0.1) is 0 Å². The lowest BCUT2D eigenvalue weighted by Gasteiger charge is -2.58. The lowest BCUT2D eigenvalue weighted by Crippen LogP contribution is -2.50. The van der Waals surface area contributed by atoms with Crippen LogP contribution in [0.1, 0.15) is 92.4 Å². The van der Waals surface area contributed by atoms with Gasteiger partial charge in [-0.1, -0.05) is 44.6 Å². The predicted molar refractivity (Wildman–Crippen MR) is 122 cm³/mol. The first-order chi connectivity index (χ1) is 14.1. The van der Waals surface area contributed by atoms with Crippen LogP contribution < -0.4 is 0 Å². The lowest BCUT2D eigenvalue weighted by atomic mass is 9.47. The molecule has 4 aliphatic rings. The minimum atomic E-state index is -0.602. The summed E-state index contributed by atoms with van der Waals surface area (Å²) in [4.78, 5) is 4.56. The Morgan fingerprint density at radius 3 is 2.67 bits per heavy atom. The van der Waals surface area contributed by atoms with Gasteiger partial charge in [0.25, 0.3) is 0 Å². The van der Waals surface area contributed by atoms with Crippen LogP contribution in [0.2, 0.25) is 0 Å². The molecule has 0 unspecified atom stereocenters. The first-order valence-corrected chi connectivity index (χ1v) is 12.5. The van der Waals surface area contributed by atoms with E-state index < -0.39 is 5.60 Å². The summed E-state index contributed by atoms with van der Waals surface area (Å²) in [5.74, 6) is 3.96. The molecule has 30 heavy (non-hydrogen) atoms. The first-order valence-electron chi connectivity index (χ1n) is 12.5. The zero-order valence-corrected chi connectivity index (χ0v) is 19.9. The molecule has 0 aliphatic heterocycles. The predicted octanol–water partition coefficient (Wildman–Crippen LogP) is 6.78. The molecular formula is C27H44O3. The van der Waals surface area contributed by atoms with Gasteiger partial charge in [0.05, 0.1) is 6.10 Å². The number of fused-ring (bicyclic) bond motifs is 5. The Labute approximate surface area is 183 Å². The number of hydrogen-bond donors (Lipinski definition) is 2. The Morgan fingerprint density at radius 1 is 1.17 bits per heavy atom. The summed E-state index contributed by atoms with van der Waals surface area (Å²) in [6.45, 7) is 11.3. The van der Waals surface area contributed by atoms with Gasteiger partial charge in [0.15, 0.2) is 0 Å². The molecule has 0 aromatic heterocycles. The molecule has 3 nitrogen and oxygen atoms in total. The van der Waals surface area contributed by atoms with Crippen molar-refractivity contribution in [2.24, 2.45) is 40.4 Å². The van der Waals surface area contributed by atoms with Crippen molar-refractivity contribution in [1.29, 1.82) is 0 Å². The Hall–Kier alpha value is -0.640. The minimum absolute atomic E-state index is 0.110. The SMILES string of the molecule is C[C@H](C/C=C/C(C)(C)OO)[C@H]1CC[C@H]2[C@@H]3CC=C4C[C@@H](O)CC[C@]4(C)[C@H]3CC[C@]12C. The van der Waals surface area contributed by atoms with Crippen molar-refractivity contribution in [2.45, 2.75) is 104 Å². The second-order valence-corrected chi connectivity index (χ2v) is 12.2. The third-order valence-corrected chi connectivity index (χ3v) is 10.1. The van der Waals surface area contributed by atoms with E-state index in [1.165, 1.54) is 38.5 Å². The van der Waals surface area contributed by atoms with E-state index >= 15 is 0 Å². The zero-order chi connectivity index (χ0) is 21.7. The molecule has 4 rings (SSSR count). The summed E-state index contributed by atoms with van der Waals surface area (Å²) in [6, 6.07) is 0. The molecule has 0 aromatic rings. The van der Waals surface area contributed by atoms with Crippen LogP contribution in [0.4, 0.5) is 0 Å². The van der Waals surface area contributed by atoms with E-state index in [4.69, 9.17) is 5.26 Å². The molecule has 3 fully saturated rings. The first kappa shape index (κ1) is 22.6. The number of aliphatic hydroxyl groups is 1. The summed E-state index contributed by atoms with van der Waals surface area (Å²) in [5.41, 5.74) is 1.78. The molecule has 0 heterocycles. The van der Waals surface area contributed by atoms with E-state index in [1.807, 2.05) is 19.9 Å². The fourth-order valence-corrected chi connectivity index (χ4v) is 8.38. The van der Waals surface area contributed by atoms with Crippen molar-refractivity contribution in [3.63, 3.8) is 0 Å². The van der Waals surface area contributed by atoms with Crippen LogP contribution in [0.15, 0.2) is 23.8 Å². The molecule has 170 valence electrons. The summed E-state index contributed by atoms with van der Waals surface area (Å²) >= 11 is 0. The normalized spacial score (nSPS) is 44.9. The van der Waals surface area contributed by atoms with Gasteiger partial charge in [-0.05, 0) is 112 Å². The fourth-order valence-electron chi connectivity index (χ4n) is 8.38. The van der Waals surface area contributed by atoms with Crippen LogP contribution in [0.25, 0.3) is 0 Å². The van der Waals surface area contributed by atoms with Crippen LogP contribution >= 0.6 is 0 Å². The second kappa shape index (κ2) is 8.05. The molecule has 0 radical (unpaired) electrons. The Balaban J connectivity index is 1.49. The van der Waals surface area contributed by atoms with Crippen LogP contribution in [-0.2, 0) is 4.89 Å². The molecule has 0 bridgehead atoms. The highest BCUT2D eigenvalue weighted by Crippen LogP contribution is 2.67. The maximum atomic E-state index is 10.2. The van der Waals surface area contributed by atoms with Crippen LogP contribution in [0, 0.1) is 40.4 Å². The summed E-state index contributed by atoms with van der Waals surface area (Å²) in [7, 11) is 0. The topological polar surface area (TPSA) is 49.7 Å². The zero-order valence-electron chi connectivity index (χ0n) is 19.9. The molecule has 4 aliphatic carbocycles. The van der Waals surface area contributed by atoms with Gasteiger partial charge >= 0.3 is 0 Å². The van der Waals surface area contributed by atoms with Crippen molar-refractivity contribution < 1.29 is 15.3 Å².